The molecule has 0 bridgehead atoms. The van der Waals surface area contributed by atoms with Crippen molar-refractivity contribution in [3.63, 3.8) is 0 Å². The molecular weight excluding hydrogens is 786 g/mol. The first-order valence-electron chi connectivity index (χ1n) is 22.1. The molecule has 60 heavy (non-hydrogen) atoms. The minimum Gasteiger partial charge on any atom is -0.368 e. The molecule has 1 N–H and O–H groups in total. The number of aromatic nitrogens is 2. The average molecular weight is 837 g/mol. The fourth-order valence-electron chi connectivity index (χ4n) is 11.7. The number of carbonyl (C=O) groups is 3. The number of imide groups is 1. The number of fused-ring (bicyclic) bond motifs is 7. The second-order valence-corrected chi connectivity index (χ2v) is 18.5. The Morgan fingerprint density at radius 3 is 2.23 bits per heavy atom. The first-order valence-corrected chi connectivity index (χ1v) is 22.4. The van der Waals surface area contributed by atoms with Crippen molar-refractivity contribution in [2.24, 2.45) is 5.92 Å². The minimum atomic E-state index is -1.03. The summed E-state index contributed by atoms with van der Waals surface area (Å²) in [5.41, 5.74) is 4.24. The van der Waals surface area contributed by atoms with Crippen molar-refractivity contribution in [3.05, 3.63) is 98.1 Å². The molecule has 1 aromatic heterocycles. The molecule has 1 unspecified atom stereocenters. The Kier molecular flexibility index (Phi) is 10.3. The van der Waals surface area contributed by atoms with E-state index in [-0.39, 0.29) is 41.2 Å². The number of nitrogens with one attached hydrogen (secondary N) is 1. The average Bonchev–Trinajstić information content (AvgIpc) is 3.51. The first-order chi connectivity index (χ1) is 29.1. The van der Waals surface area contributed by atoms with Crippen LogP contribution in [0.2, 0.25) is 5.02 Å². The second kappa shape index (κ2) is 15.7. The number of likely N-dealkylation sites (tertiary alicyclic amines) is 1. The monoisotopic (exact) mass is 836 g/mol. The molecule has 10 nitrogen and oxygen atoms in total. The van der Waals surface area contributed by atoms with Gasteiger partial charge in [-0.25, -0.2) is 8.78 Å². The largest absolute Gasteiger partial charge is 0.368 e. The van der Waals surface area contributed by atoms with Gasteiger partial charge in [0, 0.05) is 55.8 Å². The van der Waals surface area contributed by atoms with Crippen LogP contribution in [0.5, 0.6) is 0 Å². The Labute approximate surface area is 353 Å². The van der Waals surface area contributed by atoms with E-state index in [1.165, 1.54) is 29.7 Å². The molecule has 1 atom stereocenters. The summed E-state index contributed by atoms with van der Waals surface area (Å²) in [6.45, 7) is 3.94. The molecule has 0 radical (unpaired) electrons. The van der Waals surface area contributed by atoms with Crippen LogP contribution in [0.1, 0.15) is 118 Å². The summed E-state index contributed by atoms with van der Waals surface area (Å²) >= 11 is 6.61. The molecule has 4 aromatic rings. The van der Waals surface area contributed by atoms with Crippen LogP contribution < -0.4 is 15.8 Å². The quantitative estimate of drug-likeness (QED) is 0.208. The Morgan fingerprint density at radius 2 is 1.53 bits per heavy atom. The number of nitrogens with zero attached hydrogens (tertiary/aromatic N) is 5. The molecule has 3 aromatic carbocycles. The van der Waals surface area contributed by atoms with Gasteiger partial charge in [0.15, 0.2) is 0 Å². The number of piperazine rings is 1. The van der Waals surface area contributed by atoms with Crippen LogP contribution in [0.15, 0.2) is 53.3 Å². The lowest BCUT2D eigenvalue weighted by atomic mass is 9.69. The molecule has 2 saturated carbocycles. The standard InChI is InChI=1S/C47H51ClF2N6O4/c48-35-5-4-6-38-42(35)44(59)52-46-47(17-2-1-3-18-47)34-13-9-30(25-39(34)56(38)46)28-15-19-53(20-16-28)31-10-7-29(8-11-31)45(60)55-23-21-54(22-24-55)32-26-36(49)41(37(50)27-32)33-12-14-40(57)51-43(33)58/h4-6,9,13,25-29,31,33H,1-3,7-8,10-12,14-24H2,(H,51,57,58). The predicted octanol–water partition coefficient (Wildman–Crippen LogP) is 7.49. The van der Waals surface area contributed by atoms with Crippen LogP contribution >= 0.6 is 11.6 Å². The summed E-state index contributed by atoms with van der Waals surface area (Å²) in [4.78, 5) is 62.2. The highest BCUT2D eigenvalue weighted by Gasteiger charge is 2.47. The van der Waals surface area contributed by atoms with Crippen molar-refractivity contribution < 1.29 is 23.2 Å². The highest BCUT2D eigenvalue weighted by atomic mass is 35.5. The number of hydrogen-bond acceptors (Lipinski definition) is 7. The fraction of sp³-hybridized carbons (Fsp3) is 0.511. The van der Waals surface area contributed by atoms with Gasteiger partial charge in [0.2, 0.25) is 17.7 Å². The van der Waals surface area contributed by atoms with Crippen molar-refractivity contribution in [1.29, 1.82) is 0 Å². The topological polar surface area (TPSA) is 108 Å². The van der Waals surface area contributed by atoms with Crippen molar-refractivity contribution in [1.82, 2.24) is 24.7 Å². The molecule has 1 spiro atoms. The molecule has 6 aliphatic rings. The van der Waals surface area contributed by atoms with E-state index in [1.54, 1.807) is 6.07 Å². The number of benzene rings is 3. The summed E-state index contributed by atoms with van der Waals surface area (Å²) < 4.78 is 32.7. The molecule has 10 rings (SSSR count). The van der Waals surface area contributed by atoms with Gasteiger partial charge in [-0.1, -0.05) is 49.1 Å². The minimum absolute atomic E-state index is 0.00886. The SMILES string of the molecule is O=C1CCC(c2c(F)cc(N3CCN(C(=O)C4CCC(N5CCC(c6ccc7c(c6)-n6c(nc(=O)c8c(Cl)cccc86)C76CCCCC6)CC5)CC4)CC3)cc2F)C(=O)N1. The molecular formula is C47H51ClF2N6O4. The van der Waals surface area contributed by atoms with Gasteiger partial charge in [0.05, 0.1) is 32.9 Å². The second-order valence-electron chi connectivity index (χ2n) is 18.1. The van der Waals surface area contributed by atoms with E-state index in [0.29, 0.717) is 54.2 Å². The summed E-state index contributed by atoms with van der Waals surface area (Å²) in [7, 11) is 0. The summed E-state index contributed by atoms with van der Waals surface area (Å²) in [5.74, 6) is -2.24. The predicted molar refractivity (Wildman–Crippen MR) is 226 cm³/mol. The van der Waals surface area contributed by atoms with Gasteiger partial charge < -0.3 is 14.7 Å². The molecule has 3 amide bonds. The fourth-order valence-corrected chi connectivity index (χ4v) is 12.0. The van der Waals surface area contributed by atoms with Crippen LogP contribution in [-0.2, 0) is 19.8 Å². The maximum absolute atomic E-state index is 15.2. The number of halogens is 3. The Bertz CT molecular complexity index is 2420. The number of anilines is 1. The maximum atomic E-state index is 15.2. The summed E-state index contributed by atoms with van der Waals surface area (Å²) in [5, 5.41) is 3.11. The normalized spacial score (nSPS) is 24.8. The van der Waals surface area contributed by atoms with Crippen molar-refractivity contribution >= 4 is 45.9 Å². The van der Waals surface area contributed by atoms with Gasteiger partial charge in [-0.05, 0) is 118 Å². The third kappa shape index (κ3) is 6.73. The van der Waals surface area contributed by atoms with E-state index < -0.39 is 29.4 Å². The molecule has 3 saturated heterocycles. The van der Waals surface area contributed by atoms with E-state index in [4.69, 9.17) is 16.6 Å². The lowest BCUT2D eigenvalue weighted by molar-refractivity contribution is -0.137. The van der Waals surface area contributed by atoms with E-state index in [9.17, 15) is 19.2 Å². The van der Waals surface area contributed by atoms with E-state index in [0.717, 1.165) is 94.3 Å². The van der Waals surface area contributed by atoms with Gasteiger partial charge in [-0.3, -0.25) is 29.1 Å². The third-order valence-electron chi connectivity index (χ3n) is 15.0. The van der Waals surface area contributed by atoms with Crippen LogP contribution in [0.4, 0.5) is 14.5 Å². The third-order valence-corrected chi connectivity index (χ3v) is 15.3. The molecule has 5 fully saturated rings. The molecule has 4 aliphatic heterocycles. The van der Waals surface area contributed by atoms with Crippen LogP contribution in [-0.4, -0.2) is 82.4 Å². The highest BCUT2D eigenvalue weighted by molar-refractivity contribution is 6.35. The number of rotatable bonds is 5. The Morgan fingerprint density at radius 1 is 0.817 bits per heavy atom. The van der Waals surface area contributed by atoms with E-state index in [2.05, 4.69) is 33.0 Å². The molecule has 13 heteroatoms. The van der Waals surface area contributed by atoms with Crippen molar-refractivity contribution in [2.75, 3.05) is 44.2 Å². The van der Waals surface area contributed by atoms with Crippen molar-refractivity contribution in [2.45, 2.75) is 107 Å². The van der Waals surface area contributed by atoms with Gasteiger partial charge >= 0.3 is 0 Å². The zero-order valence-corrected chi connectivity index (χ0v) is 34.6. The van der Waals surface area contributed by atoms with Gasteiger partial charge in [0.25, 0.3) is 5.56 Å². The smallest absolute Gasteiger partial charge is 0.282 e. The van der Waals surface area contributed by atoms with E-state index in [1.807, 2.05) is 21.9 Å². The molecule has 2 aliphatic carbocycles. The number of piperidine rings is 2. The lowest BCUT2D eigenvalue weighted by Gasteiger charge is -2.42. The lowest BCUT2D eigenvalue weighted by Crippen LogP contribution is -2.51. The zero-order valence-electron chi connectivity index (χ0n) is 33.9. The number of carbonyl (C=O) groups excluding carboxylic acids is 3. The Hall–Kier alpha value is -4.68. The zero-order chi connectivity index (χ0) is 41.3. The maximum Gasteiger partial charge on any atom is 0.282 e. The van der Waals surface area contributed by atoms with Crippen molar-refractivity contribution in [3.8, 4) is 5.69 Å². The highest BCUT2D eigenvalue weighted by Crippen LogP contribution is 2.52. The van der Waals surface area contributed by atoms with Crippen LogP contribution in [0, 0.1) is 17.6 Å². The molecule has 314 valence electrons. The first kappa shape index (κ1) is 39.5. The van der Waals surface area contributed by atoms with Gasteiger partial charge in [0.1, 0.15) is 17.5 Å². The van der Waals surface area contributed by atoms with Crippen LogP contribution in [0.25, 0.3) is 16.6 Å². The number of hydrogen-bond donors (Lipinski definition) is 1. The van der Waals surface area contributed by atoms with Gasteiger partial charge in [-0.15, -0.1) is 0 Å². The van der Waals surface area contributed by atoms with Gasteiger partial charge in [-0.2, -0.15) is 4.98 Å². The summed E-state index contributed by atoms with van der Waals surface area (Å²) in [6.07, 6.45) is 11.4. The number of amides is 3. The molecule has 5 heterocycles. The summed E-state index contributed by atoms with van der Waals surface area (Å²) in [6, 6.07) is 15.8. The Balaban J connectivity index is 0.748. The van der Waals surface area contributed by atoms with Crippen LogP contribution in [0.3, 0.4) is 0 Å². The van der Waals surface area contributed by atoms with E-state index >= 15 is 8.78 Å².